The number of benzene rings is 1. The Balaban J connectivity index is 2.02. The molecule has 102 valence electrons. The van der Waals surface area contributed by atoms with Crippen molar-refractivity contribution >= 4 is 27.8 Å². The van der Waals surface area contributed by atoms with Gasteiger partial charge in [-0.25, -0.2) is 0 Å². The maximum absolute atomic E-state index is 12.2. The second kappa shape index (κ2) is 5.74. The third-order valence-corrected chi connectivity index (χ3v) is 4.36. The van der Waals surface area contributed by atoms with Crippen LogP contribution in [0.1, 0.15) is 12.5 Å². The van der Waals surface area contributed by atoms with Crippen LogP contribution in [-0.4, -0.2) is 35.0 Å². The van der Waals surface area contributed by atoms with E-state index in [9.17, 15) is 9.59 Å². The lowest BCUT2D eigenvalue weighted by Gasteiger charge is -2.16. The monoisotopic (exact) mass is 325 g/mol. The average Bonchev–Trinajstić information content (AvgIpc) is 2.74. The van der Waals surface area contributed by atoms with Gasteiger partial charge in [0.05, 0.1) is 12.3 Å². The lowest BCUT2D eigenvalue weighted by Crippen LogP contribution is -2.31. The zero-order valence-electron chi connectivity index (χ0n) is 10.7. The van der Waals surface area contributed by atoms with Crippen LogP contribution in [0.4, 0.5) is 0 Å². The number of carbonyl (C=O) groups excluding carboxylic acids is 1. The van der Waals surface area contributed by atoms with Crippen LogP contribution in [0.5, 0.6) is 0 Å². The van der Waals surface area contributed by atoms with Gasteiger partial charge >= 0.3 is 5.97 Å². The predicted octanol–water partition coefficient (Wildman–Crippen LogP) is 2.17. The smallest absolute Gasteiger partial charge is 0.308 e. The van der Waals surface area contributed by atoms with Crippen molar-refractivity contribution in [2.24, 2.45) is 11.8 Å². The molecular weight excluding hydrogens is 310 g/mol. The largest absolute Gasteiger partial charge is 0.481 e. The number of rotatable bonds is 3. The molecule has 2 atom stereocenters. The minimum Gasteiger partial charge on any atom is -0.481 e. The summed E-state index contributed by atoms with van der Waals surface area (Å²) < 4.78 is 0.908. The fourth-order valence-electron chi connectivity index (χ4n) is 2.41. The van der Waals surface area contributed by atoms with Gasteiger partial charge in [0.15, 0.2) is 0 Å². The van der Waals surface area contributed by atoms with Gasteiger partial charge in [0.2, 0.25) is 5.91 Å². The molecular formula is C14H16BrNO3. The van der Waals surface area contributed by atoms with Gasteiger partial charge < -0.3 is 10.0 Å². The van der Waals surface area contributed by atoms with E-state index in [0.717, 1.165) is 10.0 Å². The Hall–Kier alpha value is -1.36. The molecule has 1 aromatic rings. The molecule has 1 aliphatic rings. The normalized spacial score (nSPS) is 22.5. The first-order valence-electron chi connectivity index (χ1n) is 6.23. The average molecular weight is 326 g/mol. The third kappa shape index (κ3) is 3.15. The molecule has 4 nitrogen and oxygen atoms in total. The third-order valence-electron chi connectivity index (χ3n) is 3.58. The number of halogens is 1. The fraction of sp³-hybridized carbons (Fsp3) is 0.429. The van der Waals surface area contributed by atoms with Crippen LogP contribution in [0, 0.1) is 11.8 Å². The Morgan fingerprint density at radius 1 is 1.37 bits per heavy atom. The predicted molar refractivity (Wildman–Crippen MR) is 74.7 cm³/mol. The molecule has 1 aliphatic heterocycles. The molecule has 1 amide bonds. The first-order valence-corrected chi connectivity index (χ1v) is 7.02. The molecule has 0 radical (unpaired) electrons. The molecule has 0 unspecified atom stereocenters. The molecule has 0 bridgehead atoms. The maximum atomic E-state index is 12.2. The first-order chi connectivity index (χ1) is 8.99. The van der Waals surface area contributed by atoms with Crippen molar-refractivity contribution in [2.75, 3.05) is 13.1 Å². The number of carboxylic acids is 1. The van der Waals surface area contributed by atoms with E-state index < -0.39 is 11.9 Å². The molecule has 0 spiro atoms. The number of hydrogen-bond acceptors (Lipinski definition) is 2. The van der Waals surface area contributed by atoms with Crippen LogP contribution < -0.4 is 0 Å². The molecule has 2 rings (SSSR count). The Bertz CT molecular complexity index is 503. The molecule has 0 aliphatic carbocycles. The summed E-state index contributed by atoms with van der Waals surface area (Å²) in [6.45, 7) is 2.73. The highest BCUT2D eigenvalue weighted by atomic mass is 79.9. The minimum absolute atomic E-state index is 0.0116. The highest BCUT2D eigenvalue weighted by Gasteiger charge is 2.36. The summed E-state index contributed by atoms with van der Waals surface area (Å²) >= 11 is 3.42. The SMILES string of the molecule is C[C@@H]1CN(C(=O)Cc2ccccc2Br)C[C@H]1C(=O)O. The Morgan fingerprint density at radius 3 is 2.63 bits per heavy atom. The summed E-state index contributed by atoms with van der Waals surface area (Å²) in [4.78, 5) is 24.9. The van der Waals surface area contributed by atoms with Gasteiger partial charge in [-0.3, -0.25) is 9.59 Å². The van der Waals surface area contributed by atoms with Crippen LogP contribution in [0.2, 0.25) is 0 Å². The molecule has 19 heavy (non-hydrogen) atoms. The highest BCUT2D eigenvalue weighted by molar-refractivity contribution is 9.10. The van der Waals surface area contributed by atoms with Crippen molar-refractivity contribution in [1.82, 2.24) is 4.90 Å². The van der Waals surface area contributed by atoms with E-state index in [1.165, 1.54) is 0 Å². The summed E-state index contributed by atoms with van der Waals surface area (Å²) in [6.07, 6.45) is 0.306. The molecule has 1 fully saturated rings. The van der Waals surface area contributed by atoms with Crippen LogP contribution in [0.3, 0.4) is 0 Å². The van der Waals surface area contributed by atoms with Crippen LogP contribution >= 0.6 is 15.9 Å². The second-order valence-corrected chi connectivity index (χ2v) is 5.84. The van der Waals surface area contributed by atoms with Gasteiger partial charge in [-0.1, -0.05) is 41.1 Å². The molecule has 0 saturated carbocycles. The van der Waals surface area contributed by atoms with E-state index in [1.807, 2.05) is 31.2 Å². The summed E-state index contributed by atoms with van der Waals surface area (Å²) in [5.41, 5.74) is 0.930. The van der Waals surface area contributed by atoms with E-state index in [2.05, 4.69) is 15.9 Å². The quantitative estimate of drug-likeness (QED) is 0.926. The van der Waals surface area contributed by atoms with Gasteiger partial charge in [-0.15, -0.1) is 0 Å². The van der Waals surface area contributed by atoms with E-state index in [1.54, 1.807) is 4.90 Å². The number of nitrogens with zero attached hydrogens (tertiary/aromatic N) is 1. The second-order valence-electron chi connectivity index (χ2n) is 4.99. The van der Waals surface area contributed by atoms with Gasteiger partial charge in [0.25, 0.3) is 0 Å². The summed E-state index contributed by atoms with van der Waals surface area (Å²) in [7, 11) is 0. The number of carbonyl (C=O) groups is 2. The van der Waals surface area contributed by atoms with Crippen LogP contribution in [0.25, 0.3) is 0 Å². The number of aliphatic carboxylic acids is 1. The van der Waals surface area contributed by atoms with Crippen LogP contribution in [-0.2, 0) is 16.0 Å². The Labute approximate surface area is 120 Å². The lowest BCUT2D eigenvalue weighted by molar-refractivity contribution is -0.142. The van der Waals surface area contributed by atoms with E-state index in [4.69, 9.17) is 5.11 Å². The molecule has 5 heteroatoms. The van der Waals surface area contributed by atoms with E-state index in [0.29, 0.717) is 19.5 Å². The van der Waals surface area contributed by atoms with Crippen molar-refractivity contribution in [3.05, 3.63) is 34.3 Å². The molecule has 1 heterocycles. The highest BCUT2D eigenvalue weighted by Crippen LogP contribution is 2.24. The van der Waals surface area contributed by atoms with E-state index in [-0.39, 0.29) is 11.8 Å². The summed E-state index contributed by atoms with van der Waals surface area (Å²) in [6, 6.07) is 7.59. The standard InChI is InChI=1S/C14H16BrNO3/c1-9-7-16(8-11(9)14(18)19)13(17)6-10-4-2-3-5-12(10)15/h2-5,9,11H,6-8H2,1H3,(H,18,19)/t9-,11-/m1/s1. The summed E-state index contributed by atoms with van der Waals surface area (Å²) in [5.74, 6) is -1.25. The van der Waals surface area contributed by atoms with Crippen molar-refractivity contribution in [3.63, 3.8) is 0 Å². The van der Waals surface area contributed by atoms with E-state index >= 15 is 0 Å². The zero-order chi connectivity index (χ0) is 14.0. The van der Waals surface area contributed by atoms with Gasteiger partial charge in [0, 0.05) is 17.6 Å². The van der Waals surface area contributed by atoms with Crippen LogP contribution in [0.15, 0.2) is 28.7 Å². The van der Waals surface area contributed by atoms with Crippen molar-refractivity contribution in [2.45, 2.75) is 13.3 Å². The Kier molecular flexibility index (Phi) is 4.24. The number of likely N-dealkylation sites (tertiary alicyclic amines) is 1. The molecule has 0 aromatic heterocycles. The zero-order valence-corrected chi connectivity index (χ0v) is 12.3. The van der Waals surface area contributed by atoms with Crippen molar-refractivity contribution in [3.8, 4) is 0 Å². The fourth-order valence-corrected chi connectivity index (χ4v) is 2.83. The van der Waals surface area contributed by atoms with Gasteiger partial charge in [-0.2, -0.15) is 0 Å². The number of hydrogen-bond donors (Lipinski definition) is 1. The number of carboxylic acid groups (broad SMARTS) is 1. The van der Waals surface area contributed by atoms with Gasteiger partial charge in [0.1, 0.15) is 0 Å². The van der Waals surface area contributed by atoms with Crippen molar-refractivity contribution in [1.29, 1.82) is 0 Å². The first kappa shape index (κ1) is 14.1. The number of amides is 1. The molecule has 1 aromatic carbocycles. The van der Waals surface area contributed by atoms with Gasteiger partial charge in [-0.05, 0) is 17.5 Å². The summed E-state index contributed by atoms with van der Waals surface area (Å²) in [5, 5.41) is 9.07. The van der Waals surface area contributed by atoms with Crippen molar-refractivity contribution < 1.29 is 14.7 Å². The Morgan fingerprint density at radius 2 is 2.05 bits per heavy atom. The topological polar surface area (TPSA) is 57.6 Å². The maximum Gasteiger partial charge on any atom is 0.308 e. The molecule has 1 saturated heterocycles. The minimum atomic E-state index is -0.816. The molecule has 1 N–H and O–H groups in total. The lowest BCUT2D eigenvalue weighted by atomic mass is 9.99.